The zero-order valence-corrected chi connectivity index (χ0v) is 5.75. The first-order valence-electron chi connectivity index (χ1n) is 3.60. The zero-order valence-electron chi connectivity index (χ0n) is 5.75. The minimum Gasteiger partial charge on any atom is -0.381 e. The van der Waals surface area contributed by atoms with Gasteiger partial charge >= 0.3 is 6.41 Å². The quantitative estimate of drug-likeness (QED) is 0.497. The van der Waals surface area contributed by atoms with Crippen LogP contribution >= 0.6 is 0 Å². The summed E-state index contributed by atoms with van der Waals surface area (Å²) in [4.78, 5) is 11.9. The summed E-state index contributed by atoms with van der Waals surface area (Å²) in [6, 6.07) is 0. The molecular weight excluding hydrogens is 130 g/mol. The van der Waals surface area contributed by atoms with Crippen LogP contribution in [0, 0.1) is 11.8 Å². The van der Waals surface area contributed by atoms with Gasteiger partial charge in [-0.1, -0.05) is 0 Å². The second-order valence-corrected chi connectivity index (χ2v) is 3.05. The van der Waals surface area contributed by atoms with Crippen molar-refractivity contribution < 1.29 is 9.53 Å². The molecule has 0 aromatic rings. The lowest BCUT2D eigenvalue weighted by atomic mass is 10.0. The van der Waals surface area contributed by atoms with Gasteiger partial charge in [0.1, 0.15) is 0 Å². The van der Waals surface area contributed by atoms with Gasteiger partial charge in [-0.3, -0.25) is 4.79 Å². The van der Waals surface area contributed by atoms with Crippen molar-refractivity contribution in [3.63, 3.8) is 0 Å². The van der Waals surface area contributed by atoms with Gasteiger partial charge in [0.05, 0.1) is 13.2 Å². The van der Waals surface area contributed by atoms with E-state index in [1.165, 1.54) is 0 Å². The van der Waals surface area contributed by atoms with Crippen molar-refractivity contribution in [1.29, 1.82) is 0 Å². The van der Waals surface area contributed by atoms with E-state index in [1.54, 1.807) is 4.90 Å². The summed E-state index contributed by atoms with van der Waals surface area (Å²) in [5.41, 5.74) is 0. The molecule has 2 heterocycles. The SMILES string of the molecule is O=[C]N1CC2COCC2C1. The molecule has 1 radical (unpaired) electrons. The summed E-state index contributed by atoms with van der Waals surface area (Å²) in [5.74, 6) is 1.20. The molecule has 10 heavy (non-hydrogen) atoms. The molecule has 0 aromatic carbocycles. The van der Waals surface area contributed by atoms with Gasteiger partial charge in [0.15, 0.2) is 0 Å². The molecule has 2 atom stereocenters. The molecule has 2 aliphatic rings. The number of likely N-dealkylation sites (tertiary alicyclic amines) is 1. The lowest BCUT2D eigenvalue weighted by molar-refractivity contribution is 0.166. The van der Waals surface area contributed by atoms with Crippen LogP contribution in [0.4, 0.5) is 0 Å². The fourth-order valence-electron chi connectivity index (χ4n) is 1.76. The van der Waals surface area contributed by atoms with Crippen molar-refractivity contribution >= 4 is 6.41 Å². The summed E-state index contributed by atoms with van der Waals surface area (Å²) in [6.45, 7) is 3.38. The Morgan fingerprint density at radius 3 is 2.40 bits per heavy atom. The van der Waals surface area contributed by atoms with Crippen LogP contribution in [0.15, 0.2) is 0 Å². The average molecular weight is 140 g/mol. The molecule has 3 heteroatoms. The molecule has 0 bridgehead atoms. The van der Waals surface area contributed by atoms with Gasteiger partial charge < -0.3 is 9.64 Å². The topological polar surface area (TPSA) is 29.5 Å². The van der Waals surface area contributed by atoms with E-state index >= 15 is 0 Å². The number of rotatable bonds is 1. The Labute approximate surface area is 60.0 Å². The molecule has 1 amide bonds. The van der Waals surface area contributed by atoms with Gasteiger partial charge in [-0.05, 0) is 0 Å². The maximum atomic E-state index is 10.2. The predicted octanol–water partition coefficient (Wildman–Crippen LogP) is -0.368. The minimum atomic E-state index is 0.599. The fraction of sp³-hybridized carbons (Fsp3) is 0.857. The fourth-order valence-corrected chi connectivity index (χ4v) is 1.76. The summed E-state index contributed by atoms with van der Waals surface area (Å²) >= 11 is 0. The third-order valence-electron chi connectivity index (χ3n) is 2.37. The molecule has 0 saturated carbocycles. The number of hydrogen-bond donors (Lipinski definition) is 0. The normalized spacial score (nSPS) is 38.2. The lowest BCUT2D eigenvalue weighted by Crippen LogP contribution is -2.20. The first-order valence-corrected chi connectivity index (χ1v) is 3.60. The van der Waals surface area contributed by atoms with E-state index in [0.29, 0.717) is 11.8 Å². The van der Waals surface area contributed by atoms with E-state index in [9.17, 15) is 4.79 Å². The average Bonchev–Trinajstić information content (AvgIpc) is 2.42. The zero-order chi connectivity index (χ0) is 6.97. The molecular formula is C7H10NO2. The number of fused-ring (bicyclic) bond motifs is 1. The molecule has 0 aromatic heterocycles. The molecule has 2 aliphatic heterocycles. The molecule has 2 unspecified atom stereocenters. The lowest BCUT2D eigenvalue weighted by Gasteiger charge is -2.07. The van der Waals surface area contributed by atoms with Crippen molar-refractivity contribution in [3.05, 3.63) is 0 Å². The van der Waals surface area contributed by atoms with Crippen LogP contribution in [-0.4, -0.2) is 37.6 Å². The molecule has 2 fully saturated rings. The second kappa shape index (κ2) is 2.23. The standard InChI is InChI=1S/C7H10NO2/c9-5-8-1-6-3-10-4-7(6)2-8/h6-7H,1-4H2. The summed E-state index contributed by atoms with van der Waals surface area (Å²) in [7, 11) is 0. The third kappa shape index (κ3) is 0.814. The first-order chi connectivity index (χ1) is 4.90. The van der Waals surface area contributed by atoms with Crippen molar-refractivity contribution in [2.75, 3.05) is 26.3 Å². The van der Waals surface area contributed by atoms with Crippen LogP contribution in [0.2, 0.25) is 0 Å². The van der Waals surface area contributed by atoms with E-state index in [2.05, 4.69) is 0 Å². The van der Waals surface area contributed by atoms with Crippen LogP contribution < -0.4 is 0 Å². The third-order valence-corrected chi connectivity index (χ3v) is 2.37. The van der Waals surface area contributed by atoms with Crippen molar-refractivity contribution in [2.24, 2.45) is 11.8 Å². The van der Waals surface area contributed by atoms with Gasteiger partial charge in [0.2, 0.25) is 0 Å². The van der Waals surface area contributed by atoms with Crippen LogP contribution in [0.1, 0.15) is 0 Å². The number of amides is 1. The second-order valence-electron chi connectivity index (χ2n) is 3.05. The molecule has 2 saturated heterocycles. The number of nitrogens with zero attached hydrogens (tertiary/aromatic N) is 1. The Kier molecular flexibility index (Phi) is 1.38. The largest absolute Gasteiger partial charge is 0.381 e. The summed E-state index contributed by atoms with van der Waals surface area (Å²) in [5, 5.41) is 0. The maximum Gasteiger partial charge on any atom is 0.312 e. The van der Waals surface area contributed by atoms with Crippen molar-refractivity contribution in [3.8, 4) is 0 Å². The molecule has 0 N–H and O–H groups in total. The van der Waals surface area contributed by atoms with Gasteiger partial charge in [0, 0.05) is 24.9 Å². The Balaban J connectivity index is 1.99. The van der Waals surface area contributed by atoms with Gasteiger partial charge in [-0.2, -0.15) is 0 Å². The Bertz CT molecular complexity index is 137. The number of carbonyl (C=O) groups excluding carboxylic acids is 1. The maximum absolute atomic E-state index is 10.2. The van der Waals surface area contributed by atoms with E-state index in [4.69, 9.17) is 4.74 Å². The van der Waals surface area contributed by atoms with Crippen LogP contribution in [0.25, 0.3) is 0 Å². The van der Waals surface area contributed by atoms with Crippen LogP contribution in [-0.2, 0) is 9.53 Å². The van der Waals surface area contributed by atoms with E-state index in [0.717, 1.165) is 26.3 Å². The molecule has 0 aliphatic carbocycles. The smallest absolute Gasteiger partial charge is 0.312 e. The highest BCUT2D eigenvalue weighted by atomic mass is 16.5. The monoisotopic (exact) mass is 140 g/mol. The van der Waals surface area contributed by atoms with E-state index in [1.807, 2.05) is 6.41 Å². The van der Waals surface area contributed by atoms with Crippen molar-refractivity contribution in [2.45, 2.75) is 0 Å². The molecule has 3 nitrogen and oxygen atoms in total. The summed E-state index contributed by atoms with van der Waals surface area (Å²) < 4.78 is 5.25. The van der Waals surface area contributed by atoms with Crippen LogP contribution in [0.5, 0.6) is 0 Å². The Morgan fingerprint density at radius 1 is 1.30 bits per heavy atom. The van der Waals surface area contributed by atoms with Crippen LogP contribution in [0.3, 0.4) is 0 Å². The number of ether oxygens (including phenoxy) is 1. The Morgan fingerprint density at radius 2 is 1.90 bits per heavy atom. The van der Waals surface area contributed by atoms with E-state index in [-0.39, 0.29) is 0 Å². The van der Waals surface area contributed by atoms with Gasteiger partial charge in [-0.25, -0.2) is 0 Å². The van der Waals surface area contributed by atoms with Gasteiger partial charge in [0.25, 0.3) is 0 Å². The first kappa shape index (κ1) is 6.16. The predicted molar refractivity (Wildman–Crippen MR) is 35.1 cm³/mol. The highest BCUT2D eigenvalue weighted by molar-refractivity contribution is 5.48. The molecule has 0 spiro atoms. The van der Waals surface area contributed by atoms with Crippen molar-refractivity contribution in [1.82, 2.24) is 4.90 Å². The molecule has 55 valence electrons. The highest BCUT2D eigenvalue weighted by Crippen LogP contribution is 2.27. The Hall–Kier alpha value is -0.570. The highest BCUT2D eigenvalue weighted by Gasteiger charge is 2.36. The van der Waals surface area contributed by atoms with E-state index < -0.39 is 0 Å². The molecule has 2 rings (SSSR count). The number of hydrogen-bond acceptors (Lipinski definition) is 2. The van der Waals surface area contributed by atoms with Gasteiger partial charge in [-0.15, -0.1) is 0 Å². The minimum absolute atomic E-state index is 0.599. The summed E-state index contributed by atoms with van der Waals surface area (Å²) in [6.07, 6.45) is 1.92.